The van der Waals surface area contributed by atoms with E-state index in [0.717, 1.165) is 41.3 Å². The summed E-state index contributed by atoms with van der Waals surface area (Å²) in [5.74, 6) is 1.90. The molecule has 5 heteroatoms. The van der Waals surface area contributed by atoms with Crippen LogP contribution < -0.4 is 4.74 Å². The number of carbonyl (C=O) groups excluding carboxylic acids is 1. The number of aromatic nitrogens is 2. The van der Waals surface area contributed by atoms with E-state index in [1.54, 1.807) is 7.11 Å². The van der Waals surface area contributed by atoms with Gasteiger partial charge in [0.05, 0.1) is 31.1 Å². The Bertz CT molecular complexity index is 883. The van der Waals surface area contributed by atoms with Gasteiger partial charge >= 0.3 is 0 Å². The van der Waals surface area contributed by atoms with Gasteiger partial charge in [0.15, 0.2) is 0 Å². The van der Waals surface area contributed by atoms with Gasteiger partial charge in [-0.25, -0.2) is 4.98 Å². The lowest BCUT2D eigenvalue weighted by Gasteiger charge is -2.28. The van der Waals surface area contributed by atoms with Crippen molar-refractivity contribution in [3.05, 3.63) is 59.9 Å². The minimum Gasteiger partial charge on any atom is -0.497 e. The zero-order chi connectivity index (χ0) is 16.5. The molecule has 0 unspecified atom stereocenters. The fraction of sp³-hybridized carbons (Fsp3) is 0.263. The van der Waals surface area contributed by atoms with Crippen LogP contribution >= 0.6 is 0 Å². The van der Waals surface area contributed by atoms with Gasteiger partial charge in [0.25, 0.3) is 0 Å². The molecule has 0 fully saturated rings. The van der Waals surface area contributed by atoms with Crippen LogP contribution in [-0.2, 0) is 24.3 Å². The van der Waals surface area contributed by atoms with E-state index < -0.39 is 0 Å². The van der Waals surface area contributed by atoms with Crippen molar-refractivity contribution in [2.24, 2.45) is 0 Å². The van der Waals surface area contributed by atoms with E-state index >= 15 is 0 Å². The van der Waals surface area contributed by atoms with Gasteiger partial charge in [0.2, 0.25) is 5.91 Å². The first-order valence-corrected chi connectivity index (χ1v) is 8.09. The van der Waals surface area contributed by atoms with Gasteiger partial charge in [-0.05, 0) is 29.8 Å². The van der Waals surface area contributed by atoms with E-state index in [0.29, 0.717) is 13.0 Å². The molecule has 1 aliphatic rings. The van der Waals surface area contributed by atoms with Crippen LogP contribution in [0.3, 0.4) is 0 Å². The molecule has 5 nitrogen and oxygen atoms in total. The predicted molar refractivity (Wildman–Crippen MR) is 91.8 cm³/mol. The van der Waals surface area contributed by atoms with Crippen LogP contribution in [0.4, 0.5) is 0 Å². The maximum atomic E-state index is 12.6. The molecule has 1 aliphatic heterocycles. The lowest BCUT2D eigenvalue weighted by Crippen LogP contribution is -2.39. The number of carbonyl (C=O) groups is 1. The average Bonchev–Trinajstić information content (AvgIpc) is 3.00. The summed E-state index contributed by atoms with van der Waals surface area (Å²) in [6.07, 6.45) is 0.407. The van der Waals surface area contributed by atoms with E-state index in [4.69, 9.17) is 4.74 Å². The third-order valence-corrected chi connectivity index (χ3v) is 4.53. The van der Waals surface area contributed by atoms with Crippen molar-refractivity contribution < 1.29 is 9.53 Å². The Labute approximate surface area is 140 Å². The first kappa shape index (κ1) is 14.8. The number of nitrogens with zero attached hydrogens (tertiary/aromatic N) is 3. The van der Waals surface area contributed by atoms with Crippen LogP contribution in [0.1, 0.15) is 11.4 Å². The van der Waals surface area contributed by atoms with Crippen molar-refractivity contribution in [3.8, 4) is 5.75 Å². The minimum absolute atomic E-state index is 0.137. The number of rotatable bonds is 3. The third-order valence-electron chi connectivity index (χ3n) is 4.53. The fourth-order valence-electron chi connectivity index (χ4n) is 3.21. The maximum absolute atomic E-state index is 12.6. The average molecular weight is 321 g/mol. The molecule has 0 saturated heterocycles. The van der Waals surface area contributed by atoms with Crippen molar-refractivity contribution in [1.82, 2.24) is 14.5 Å². The number of imidazole rings is 1. The van der Waals surface area contributed by atoms with Gasteiger partial charge < -0.3 is 14.2 Å². The summed E-state index contributed by atoms with van der Waals surface area (Å²) in [5.41, 5.74) is 3.14. The summed E-state index contributed by atoms with van der Waals surface area (Å²) >= 11 is 0. The summed E-state index contributed by atoms with van der Waals surface area (Å²) < 4.78 is 7.37. The van der Waals surface area contributed by atoms with Crippen LogP contribution in [0, 0.1) is 0 Å². The molecule has 0 bridgehead atoms. The second kappa shape index (κ2) is 6.00. The van der Waals surface area contributed by atoms with Gasteiger partial charge in [-0.2, -0.15) is 0 Å². The molecular weight excluding hydrogens is 302 g/mol. The van der Waals surface area contributed by atoms with Gasteiger partial charge in [0, 0.05) is 13.1 Å². The SMILES string of the molecule is COc1ccc(CC(=O)N2CCn3c(nc4ccccc43)C2)cc1. The van der Waals surface area contributed by atoms with Crippen molar-refractivity contribution in [2.75, 3.05) is 13.7 Å². The highest BCUT2D eigenvalue weighted by Gasteiger charge is 2.23. The molecular formula is C19H19N3O2. The Balaban J connectivity index is 1.50. The zero-order valence-corrected chi connectivity index (χ0v) is 13.6. The van der Waals surface area contributed by atoms with Gasteiger partial charge in [-0.3, -0.25) is 4.79 Å². The summed E-state index contributed by atoms with van der Waals surface area (Å²) in [5, 5.41) is 0. The standard InChI is InChI=1S/C19H19N3O2/c1-24-15-8-6-14(7-9-15)12-19(23)21-10-11-22-17-5-3-2-4-16(17)20-18(22)13-21/h2-9H,10-13H2,1H3. The molecule has 0 aliphatic carbocycles. The smallest absolute Gasteiger partial charge is 0.227 e. The third kappa shape index (κ3) is 2.62. The first-order chi connectivity index (χ1) is 11.7. The van der Waals surface area contributed by atoms with Crippen molar-refractivity contribution in [3.63, 3.8) is 0 Å². The van der Waals surface area contributed by atoms with E-state index in [2.05, 4.69) is 15.6 Å². The molecule has 24 heavy (non-hydrogen) atoms. The Morgan fingerprint density at radius 3 is 2.71 bits per heavy atom. The van der Waals surface area contributed by atoms with Crippen molar-refractivity contribution in [2.45, 2.75) is 19.5 Å². The number of benzene rings is 2. The quantitative estimate of drug-likeness (QED) is 0.745. The Hall–Kier alpha value is -2.82. The van der Waals surface area contributed by atoms with Crippen molar-refractivity contribution in [1.29, 1.82) is 0 Å². The van der Waals surface area contributed by atoms with E-state index in [1.165, 1.54) is 0 Å². The van der Waals surface area contributed by atoms with E-state index in [-0.39, 0.29) is 5.91 Å². The van der Waals surface area contributed by atoms with Crippen molar-refractivity contribution >= 4 is 16.9 Å². The monoisotopic (exact) mass is 321 g/mol. The maximum Gasteiger partial charge on any atom is 0.227 e. The summed E-state index contributed by atoms with van der Waals surface area (Å²) in [7, 11) is 1.64. The largest absolute Gasteiger partial charge is 0.497 e. The zero-order valence-electron chi connectivity index (χ0n) is 13.6. The van der Waals surface area contributed by atoms with E-state index in [1.807, 2.05) is 47.4 Å². The molecule has 3 aromatic rings. The summed E-state index contributed by atoms with van der Waals surface area (Å²) in [6.45, 7) is 2.09. The van der Waals surface area contributed by atoms with Crippen LogP contribution in [0.5, 0.6) is 5.75 Å². The number of amides is 1. The topological polar surface area (TPSA) is 47.4 Å². The predicted octanol–water partition coefficient (Wildman–Crippen LogP) is 2.63. The van der Waals surface area contributed by atoms with Crippen LogP contribution in [0.2, 0.25) is 0 Å². The number of ether oxygens (including phenoxy) is 1. The molecule has 4 rings (SSSR count). The molecule has 0 atom stereocenters. The summed E-state index contributed by atoms with van der Waals surface area (Å²) in [4.78, 5) is 19.2. The number of hydrogen-bond acceptors (Lipinski definition) is 3. The first-order valence-electron chi connectivity index (χ1n) is 8.09. The molecule has 2 heterocycles. The molecule has 0 spiro atoms. The van der Waals surface area contributed by atoms with Gasteiger partial charge in [0.1, 0.15) is 11.6 Å². The second-order valence-corrected chi connectivity index (χ2v) is 6.01. The Morgan fingerprint density at radius 2 is 1.92 bits per heavy atom. The highest BCUT2D eigenvalue weighted by molar-refractivity contribution is 5.80. The molecule has 0 saturated carbocycles. The molecule has 2 aromatic carbocycles. The lowest BCUT2D eigenvalue weighted by atomic mass is 10.1. The minimum atomic E-state index is 0.137. The normalized spacial score (nSPS) is 13.8. The van der Waals surface area contributed by atoms with Gasteiger partial charge in [-0.15, -0.1) is 0 Å². The van der Waals surface area contributed by atoms with E-state index in [9.17, 15) is 4.79 Å². The number of fused-ring (bicyclic) bond motifs is 3. The summed E-state index contributed by atoms with van der Waals surface area (Å²) in [6, 6.07) is 15.8. The molecule has 122 valence electrons. The highest BCUT2D eigenvalue weighted by atomic mass is 16.5. The highest BCUT2D eigenvalue weighted by Crippen LogP contribution is 2.21. The fourth-order valence-corrected chi connectivity index (χ4v) is 3.21. The molecule has 0 N–H and O–H groups in total. The van der Waals surface area contributed by atoms with Crippen LogP contribution in [0.15, 0.2) is 48.5 Å². The van der Waals surface area contributed by atoms with Crippen LogP contribution in [-0.4, -0.2) is 34.0 Å². The number of hydrogen-bond donors (Lipinski definition) is 0. The second-order valence-electron chi connectivity index (χ2n) is 6.01. The number of methoxy groups -OCH3 is 1. The van der Waals surface area contributed by atoms with Crippen LogP contribution in [0.25, 0.3) is 11.0 Å². The molecule has 0 radical (unpaired) electrons. The lowest BCUT2D eigenvalue weighted by molar-refractivity contribution is -0.131. The number of para-hydroxylation sites is 2. The molecule has 1 aromatic heterocycles. The Kier molecular flexibility index (Phi) is 3.69. The molecule has 1 amide bonds. The van der Waals surface area contributed by atoms with Gasteiger partial charge in [-0.1, -0.05) is 24.3 Å². The Morgan fingerprint density at radius 1 is 1.12 bits per heavy atom.